The van der Waals surface area contributed by atoms with Crippen LogP contribution >= 0.6 is 15.9 Å². The Morgan fingerprint density at radius 3 is 2.80 bits per heavy atom. The molecule has 1 heterocycles. The number of nitrogens with one attached hydrogen (secondary N) is 1. The Morgan fingerprint density at radius 1 is 1.40 bits per heavy atom. The van der Waals surface area contributed by atoms with E-state index in [0.29, 0.717) is 0 Å². The first-order chi connectivity index (χ1) is 7.20. The minimum Gasteiger partial charge on any atom is -0.263 e. The smallest absolute Gasteiger partial charge is 0.181 e. The van der Waals surface area contributed by atoms with E-state index in [4.69, 9.17) is 0 Å². The molecule has 1 aromatic heterocycles. The van der Waals surface area contributed by atoms with Gasteiger partial charge < -0.3 is 0 Å². The number of nitrogens with zero attached hydrogens (tertiary/aromatic N) is 2. The fraction of sp³-hybridized carbons (Fsp3) is 0.273. The maximum atomic E-state index is 4.38. The molecule has 0 amide bonds. The Balaban J connectivity index is 2.40. The number of halogens is 1. The zero-order chi connectivity index (χ0) is 10.8. The van der Waals surface area contributed by atoms with Gasteiger partial charge >= 0.3 is 0 Å². The lowest BCUT2D eigenvalue weighted by molar-refractivity contribution is 0.946. The Morgan fingerprint density at radius 2 is 2.20 bits per heavy atom. The summed E-state index contributed by atoms with van der Waals surface area (Å²) in [5.74, 6) is 1.68. The molecule has 0 aliphatic rings. The van der Waals surface area contributed by atoms with Crippen LogP contribution in [0.5, 0.6) is 0 Å². The molecule has 1 N–H and O–H groups in total. The van der Waals surface area contributed by atoms with E-state index < -0.39 is 0 Å². The van der Waals surface area contributed by atoms with Crippen molar-refractivity contribution in [3.8, 4) is 11.4 Å². The molecule has 0 atom stereocenters. The predicted molar refractivity (Wildman–Crippen MR) is 63.6 cm³/mol. The number of aromatic amines is 1. The molecule has 1 aromatic carbocycles. The molecule has 0 fully saturated rings. The van der Waals surface area contributed by atoms with Gasteiger partial charge in [0.25, 0.3) is 0 Å². The fourth-order valence-corrected chi connectivity index (χ4v) is 1.69. The molecule has 3 nitrogen and oxygen atoms in total. The van der Waals surface area contributed by atoms with Crippen LogP contribution in [0.3, 0.4) is 0 Å². The molecule has 0 saturated carbocycles. The normalized spacial score (nSPS) is 10.6. The van der Waals surface area contributed by atoms with E-state index in [1.807, 2.05) is 12.1 Å². The van der Waals surface area contributed by atoms with Crippen molar-refractivity contribution in [2.24, 2.45) is 0 Å². The van der Waals surface area contributed by atoms with Crippen molar-refractivity contribution < 1.29 is 0 Å². The first kappa shape index (κ1) is 10.4. The van der Waals surface area contributed by atoms with Crippen LogP contribution in [0, 0.1) is 6.92 Å². The van der Waals surface area contributed by atoms with Crippen molar-refractivity contribution in [3.63, 3.8) is 0 Å². The second-order valence-electron chi connectivity index (χ2n) is 3.42. The lowest BCUT2D eigenvalue weighted by Crippen LogP contribution is -1.84. The number of aryl methyl sites for hydroxylation is 2. The largest absolute Gasteiger partial charge is 0.263 e. The van der Waals surface area contributed by atoms with E-state index in [1.54, 1.807) is 0 Å². The van der Waals surface area contributed by atoms with Crippen LogP contribution in [0.1, 0.15) is 18.3 Å². The highest BCUT2D eigenvalue weighted by Gasteiger charge is 2.05. The second kappa shape index (κ2) is 4.14. The van der Waals surface area contributed by atoms with Crippen LogP contribution in [-0.2, 0) is 6.42 Å². The van der Waals surface area contributed by atoms with Gasteiger partial charge in [0.1, 0.15) is 5.82 Å². The van der Waals surface area contributed by atoms with Gasteiger partial charge in [0.2, 0.25) is 0 Å². The average molecular weight is 266 g/mol. The molecule has 0 spiro atoms. The molecule has 0 saturated heterocycles. The Labute approximate surface area is 97.1 Å². The zero-order valence-electron chi connectivity index (χ0n) is 8.71. The van der Waals surface area contributed by atoms with Crippen LogP contribution in [0.4, 0.5) is 0 Å². The first-order valence-corrected chi connectivity index (χ1v) is 5.68. The van der Waals surface area contributed by atoms with Crippen LogP contribution in [0.15, 0.2) is 22.7 Å². The Kier molecular flexibility index (Phi) is 2.86. The van der Waals surface area contributed by atoms with Crippen molar-refractivity contribution in [3.05, 3.63) is 34.1 Å². The predicted octanol–water partition coefficient (Wildman–Crippen LogP) is 3.11. The van der Waals surface area contributed by atoms with E-state index >= 15 is 0 Å². The van der Waals surface area contributed by atoms with Gasteiger partial charge in [0.15, 0.2) is 5.82 Å². The summed E-state index contributed by atoms with van der Waals surface area (Å²) < 4.78 is 1.09. The Bertz CT molecular complexity index is 476. The topological polar surface area (TPSA) is 41.6 Å². The van der Waals surface area contributed by atoms with Crippen molar-refractivity contribution in [1.29, 1.82) is 0 Å². The SMILES string of the molecule is CCc1nc(-c2ccc(C)c(Br)c2)n[nH]1. The summed E-state index contributed by atoms with van der Waals surface area (Å²) >= 11 is 3.50. The van der Waals surface area contributed by atoms with E-state index in [2.05, 4.69) is 51.0 Å². The van der Waals surface area contributed by atoms with E-state index in [-0.39, 0.29) is 0 Å². The summed E-state index contributed by atoms with van der Waals surface area (Å²) in [6.45, 7) is 4.11. The molecule has 4 heteroatoms. The number of benzene rings is 1. The average Bonchev–Trinajstić information content (AvgIpc) is 2.70. The van der Waals surface area contributed by atoms with Crippen molar-refractivity contribution >= 4 is 15.9 Å². The third kappa shape index (κ3) is 2.09. The summed E-state index contributed by atoms with van der Waals surface area (Å²) in [6, 6.07) is 6.13. The van der Waals surface area contributed by atoms with Gasteiger partial charge in [-0.15, -0.1) is 0 Å². The first-order valence-electron chi connectivity index (χ1n) is 4.88. The minimum atomic E-state index is 0.757. The molecule has 2 aromatic rings. The van der Waals surface area contributed by atoms with Gasteiger partial charge in [-0.05, 0) is 18.6 Å². The van der Waals surface area contributed by atoms with Gasteiger partial charge in [0.05, 0.1) is 0 Å². The van der Waals surface area contributed by atoms with E-state index in [9.17, 15) is 0 Å². The van der Waals surface area contributed by atoms with Gasteiger partial charge in [0, 0.05) is 16.5 Å². The third-order valence-electron chi connectivity index (χ3n) is 2.30. The lowest BCUT2D eigenvalue weighted by atomic mass is 10.1. The minimum absolute atomic E-state index is 0.757. The second-order valence-corrected chi connectivity index (χ2v) is 4.28. The van der Waals surface area contributed by atoms with Crippen molar-refractivity contribution in [1.82, 2.24) is 15.2 Å². The monoisotopic (exact) mass is 265 g/mol. The van der Waals surface area contributed by atoms with Gasteiger partial charge in [-0.3, -0.25) is 5.10 Å². The van der Waals surface area contributed by atoms with Crippen LogP contribution in [0.25, 0.3) is 11.4 Å². The molecular weight excluding hydrogens is 254 g/mol. The molecule has 0 unspecified atom stereocenters. The maximum absolute atomic E-state index is 4.38. The maximum Gasteiger partial charge on any atom is 0.181 e. The molecule has 0 radical (unpaired) electrons. The zero-order valence-corrected chi connectivity index (χ0v) is 10.3. The molecule has 15 heavy (non-hydrogen) atoms. The number of H-pyrrole nitrogens is 1. The summed E-state index contributed by atoms with van der Waals surface area (Å²) in [7, 11) is 0. The third-order valence-corrected chi connectivity index (χ3v) is 3.15. The molecule has 78 valence electrons. The van der Waals surface area contributed by atoms with Gasteiger partial charge in [-0.1, -0.05) is 35.0 Å². The van der Waals surface area contributed by atoms with Gasteiger partial charge in [-0.2, -0.15) is 5.10 Å². The summed E-state index contributed by atoms with van der Waals surface area (Å²) in [5, 5.41) is 7.08. The fourth-order valence-electron chi connectivity index (χ4n) is 1.31. The van der Waals surface area contributed by atoms with Crippen LogP contribution < -0.4 is 0 Å². The standard InChI is InChI=1S/C11H12BrN3/c1-3-10-13-11(15-14-10)8-5-4-7(2)9(12)6-8/h4-6H,3H2,1-2H3,(H,13,14,15). The Hall–Kier alpha value is -1.16. The van der Waals surface area contributed by atoms with E-state index in [1.165, 1.54) is 5.56 Å². The highest BCUT2D eigenvalue weighted by molar-refractivity contribution is 9.10. The molecular formula is C11H12BrN3. The number of hydrogen-bond acceptors (Lipinski definition) is 2. The lowest BCUT2D eigenvalue weighted by Gasteiger charge is -1.99. The molecule has 2 rings (SSSR count). The highest BCUT2D eigenvalue weighted by atomic mass is 79.9. The number of aromatic nitrogens is 3. The van der Waals surface area contributed by atoms with Crippen molar-refractivity contribution in [2.75, 3.05) is 0 Å². The van der Waals surface area contributed by atoms with Gasteiger partial charge in [-0.25, -0.2) is 4.98 Å². The number of rotatable bonds is 2. The molecule has 0 aliphatic heterocycles. The van der Waals surface area contributed by atoms with Crippen LogP contribution in [0.2, 0.25) is 0 Å². The quantitative estimate of drug-likeness (QED) is 0.907. The summed E-state index contributed by atoms with van der Waals surface area (Å²) in [5.41, 5.74) is 2.24. The number of hydrogen-bond donors (Lipinski definition) is 1. The summed E-state index contributed by atoms with van der Waals surface area (Å²) in [4.78, 5) is 4.38. The highest BCUT2D eigenvalue weighted by Crippen LogP contribution is 2.23. The molecule has 0 aliphatic carbocycles. The van der Waals surface area contributed by atoms with Crippen LogP contribution in [-0.4, -0.2) is 15.2 Å². The molecule has 0 bridgehead atoms. The summed E-state index contributed by atoms with van der Waals surface area (Å²) in [6.07, 6.45) is 0.875. The van der Waals surface area contributed by atoms with E-state index in [0.717, 1.165) is 28.1 Å². The van der Waals surface area contributed by atoms with Crippen molar-refractivity contribution in [2.45, 2.75) is 20.3 Å².